The van der Waals surface area contributed by atoms with Crippen LogP contribution in [0.25, 0.3) is 11.3 Å². The minimum absolute atomic E-state index is 0.0553. The Hall–Kier alpha value is -1.46. The normalized spacial score (nSPS) is 13.3. The van der Waals surface area contributed by atoms with Crippen molar-refractivity contribution in [3.05, 3.63) is 34.4 Å². The van der Waals surface area contributed by atoms with Gasteiger partial charge >= 0.3 is 0 Å². The van der Waals surface area contributed by atoms with Gasteiger partial charge in [-0.2, -0.15) is 0 Å². The van der Waals surface area contributed by atoms with Crippen LogP contribution < -0.4 is 10.5 Å². The molecule has 1 aromatic carbocycles. The summed E-state index contributed by atoms with van der Waals surface area (Å²) in [6.45, 7) is 6.23. The maximum atomic E-state index is 13.7. The predicted octanol–water partition coefficient (Wildman–Crippen LogP) is 4.00. The van der Waals surface area contributed by atoms with E-state index >= 15 is 0 Å². The van der Waals surface area contributed by atoms with Gasteiger partial charge in [0.25, 0.3) is 0 Å². The monoisotopic (exact) mass is 294 g/mol. The molecule has 0 aliphatic carbocycles. The van der Waals surface area contributed by atoms with E-state index in [1.54, 1.807) is 12.1 Å². The van der Waals surface area contributed by atoms with Crippen LogP contribution in [0, 0.1) is 11.2 Å². The molecule has 3 nitrogen and oxygen atoms in total. The van der Waals surface area contributed by atoms with Crippen molar-refractivity contribution in [2.45, 2.75) is 26.8 Å². The maximum Gasteiger partial charge on any atom is 0.165 e. The molecule has 0 fully saturated rings. The number of methoxy groups -OCH3 is 1. The van der Waals surface area contributed by atoms with Crippen LogP contribution >= 0.6 is 11.3 Å². The summed E-state index contributed by atoms with van der Waals surface area (Å²) < 4.78 is 18.6. The van der Waals surface area contributed by atoms with Crippen LogP contribution in [0.1, 0.15) is 31.8 Å². The van der Waals surface area contributed by atoms with Crippen LogP contribution in [0.15, 0.2) is 23.6 Å². The molecule has 0 aliphatic heterocycles. The SMILES string of the molecule is COc1ccc(-c2csc(C(N)C(C)(C)C)n2)cc1F. The second-order valence-electron chi connectivity index (χ2n) is 5.76. The van der Waals surface area contributed by atoms with Gasteiger partial charge in [0.2, 0.25) is 0 Å². The van der Waals surface area contributed by atoms with Crippen LogP contribution in [-0.4, -0.2) is 12.1 Å². The summed E-state index contributed by atoms with van der Waals surface area (Å²) in [4.78, 5) is 4.53. The maximum absolute atomic E-state index is 13.7. The van der Waals surface area contributed by atoms with Crippen LogP contribution in [0.3, 0.4) is 0 Å². The van der Waals surface area contributed by atoms with E-state index in [9.17, 15) is 4.39 Å². The van der Waals surface area contributed by atoms with Gasteiger partial charge in [-0.1, -0.05) is 20.8 Å². The summed E-state index contributed by atoms with van der Waals surface area (Å²) in [6, 6.07) is 4.70. The van der Waals surface area contributed by atoms with E-state index in [0.717, 1.165) is 16.3 Å². The highest BCUT2D eigenvalue weighted by Crippen LogP contribution is 2.34. The Morgan fingerprint density at radius 3 is 2.60 bits per heavy atom. The van der Waals surface area contributed by atoms with Gasteiger partial charge in [0, 0.05) is 10.9 Å². The van der Waals surface area contributed by atoms with Crippen molar-refractivity contribution in [3.63, 3.8) is 0 Å². The molecule has 1 heterocycles. The molecule has 2 rings (SSSR count). The van der Waals surface area contributed by atoms with Crippen molar-refractivity contribution in [1.82, 2.24) is 4.98 Å². The van der Waals surface area contributed by atoms with Gasteiger partial charge in [0.05, 0.1) is 18.8 Å². The Morgan fingerprint density at radius 2 is 2.05 bits per heavy atom. The van der Waals surface area contributed by atoms with Crippen molar-refractivity contribution in [2.24, 2.45) is 11.1 Å². The van der Waals surface area contributed by atoms with Crippen molar-refractivity contribution < 1.29 is 9.13 Å². The summed E-state index contributed by atoms with van der Waals surface area (Å²) in [5.41, 5.74) is 7.61. The first-order valence-corrected chi connectivity index (χ1v) is 7.26. The number of rotatable bonds is 3. The van der Waals surface area contributed by atoms with Gasteiger partial charge in [-0.25, -0.2) is 9.37 Å². The first-order valence-electron chi connectivity index (χ1n) is 6.38. The van der Waals surface area contributed by atoms with Crippen molar-refractivity contribution in [3.8, 4) is 17.0 Å². The smallest absolute Gasteiger partial charge is 0.165 e. The molecule has 2 N–H and O–H groups in total. The van der Waals surface area contributed by atoms with E-state index in [1.807, 2.05) is 5.38 Å². The standard InChI is InChI=1S/C15H19FN2OS/c1-15(2,3)13(17)14-18-11(8-20-14)9-5-6-12(19-4)10(16)7-9/h5-8,13H,17H2,1-4H3. The third-order valence-corrected chi connectivity index (χ3v) is 4.10. The Balaban J connectivity index is 2.31. The van der Waals surface area contributed by atoms with E-state index in [2.05, 4.69) is 25.8 Å². The molecule has 0 radical (unpaired) electrons. The van der Waals surface area contributed by atoms with Crippen molar-refractivity contribution >= 4 is 11.3 Å². The molecule has 0 aliphatic rings. The van der Waals surface area contributed by atoms with E-state index in [-0.39, 0.29) is 23.0 Å². The number of halogens is 1. The molecule has 1 atom stereocenters. The summed E-state index contributed by atoms with van der Waals surface area (Å²) in [5.74, 6) is -0.157. The molecule has 0 saturated heterocycles. The molecule has 0 bridgehead atoms. The summed E-state index contributed by atoms with van der Waals surface area (Å²) in [7, 11) is 1.45. The van der Waals surface area contributed by atoms with Crippen molar-refractivity contribution in [2.75, 3.05) is 7.11 Å². The molecule has 1 aromatic heterocycles. The highest BCUT2D eigenvalue weighted by atomic mass is 32.1. The molecule has 0 spiro atoms. The largest absolute Gasteiger partial charge is 0.494 e. The van der Waals surface area contributed by atoms with Gasteiger partial charge < -0.3 is 10.5 Å². The fourth-order valence-corrected chi connectivity index (χ4v) is 2.83. The zero-order valence-corrected chi connectivity index (χ0v) is 12.9. The Labute approximate surface area is 122 Å². The first-order chi connectivity index (χ1) is 9.32. The number of ether oxygens (including phenoxy) is 1. The molecule has 108 valence electrons. The zero-order valence-electron chi connectivity index (χ0n) is 12.1. The predicted molar refractivity (Wildman–Crippen MR) is 80.4 cm³/mol. The number of nitrogens with zero attached hydrogens (tertiary/aromatic N) is 1. The van der Waals surface area contributed by atoms with Crippen LogP contribution in [-0.2, 0) is 0 Å². The van der Waals surface area contributed by atoms with Crippen molar-refractivity contribution in [1.29, 1.82) is 0 Å². The van der Waals surface area contributed by atoms with E-state index in [4.69, 9.17) is 10.5 Å². The van der Waals surface area contributed by atoms with Crippen LogP contribution in [0.2, 0.25) is 0 Å². The molecule has 0 saturated carbocycles. The minimum atomic E-state index is -0.389. The quantitative estimate of drug-likeness (QED) is 0.930. The summed E-state index contributed by atoms with van der Waals surface area (Å²) in [6.07, 6.45) is 0. The molecule has 2 aromatic rings. The summed E-state index contributed by atoms with van der Waals surface area (Å²) in [5, 5.41) is 2.77. The lowest BCUT2D eigenvalue weighted by Gasteiger charge is -2.24. The second-order valence-corrected chi connectivity index (χ2v) is 6.65. The molecule has 20 heavy (non-hydrogen) atoms. The Bertz CT molecular complexity index is 604. The Kier molecular flexibility index (Phi) is 4.11. The molecular formula is C15H19FN2OS. The third kappa shape index (κ3) is 2.99. The van der Waals surface area contributed by atoms with Gasteiger partial charge in [-0.3, -0.25) is 0 Å². The minimum Gasteiger partial charge on any atom is -0.494 e. The van der Waals surface area contributed by atoms with Gasteiger partial charge in [-0.05, 0) is 23.6 Å². The number of hydrogen-bond donors (Lipinski definition) is 1. The van der Waals surface area contributed by atoms with E-state index < -0.39 is 0 Å². The number of hydrogen-bond acceptors (Lipinski definition) is 4. The van der Waals surface area contributed by atoms with Gasteiger partial charge in [0.1, 0.15) is 5.01 Å². The average Bonchev–Trinajstić information content (AvgIpc) is 2.86. The highest BCUT2D eigenvalue weighted by molar-refractivity contribution is 7.10. The Morgan fingerprint density at radius 1 is 1.35 bits per heavy atom. The highest BCUT2D eigenvalue weighted by Gasteiger charge is 2.25. The lowest BCUT2D eigenvalue weighted by Crippen LogP contribution is -2.26. The zero-order chi connectivity index (χ0) is 14.9. The lowest BCUT2D eigenvalue weighted by molar-refractivity contribution is 0.326. The van der Waals surface area contributed by atoms with E-state index in [0.29, 0.717) is 0 Å². The van der Waals surface area contributed by atoms with Gasteiger partial charge in [0.15, 0.2) is 11.6 Å². The molecular weight excluding hydrogens is 275 g/mol. The van der Waals surface area contributed by atoms with Gasteiger partial charge in [-0.15, -0.1) is 11.3 Å². The lowest BCUT2D eigenvalue weighted by atomic mass is 9.88. The third-order valence-electron chi connectivity index (χ3n) is 3.17. The van der Waals surface area contributed by atoms with Crippen LogP contribution in [0.5, 0.6) is 5.75 Å². The molecule has 0 amide bonds. The van der Waals surface area contributed by atoms with Crippen LogP contribution in [0.4, 0.5) is 4.39 Å². The number of benzene rings is 1. The second kappa shape index (κ2) is 5.50. The molecule has 5 heteroatoms. The summed E-state index contributed by atoms with van der Waals surface area (Å²) >= 11 is 1.51. The number of thiazole rings is 1. The number of aromatic nitrogens is 1. The molecule has 1 unspecified atom stereocenters. The average molecular weight is 294 g/mol. The number of nitrogens with two attached hydrogens (primary N) is 1. The first kappa shape index (κ1) is 14.9. The fraction of sp³-hybridized carbons (Fsp3) is 0.400. The fourth-order valence-electron chi connectivity index (χ4n) is 1.76. The van der Waals surface area contributed by atoms with E-state index in [1.165, 1.54) is 24.5 Å². The topological polar surface area (TPSA) is 48.1 Å².